The second-order valence-electron chi connectivity index (χ2n) is 6.04. The number of carbonyl (C=O) groups is 2. The smallest absolute Gasteiger partial charge is 0.329 e. The first-order valence-corrected chi connectivity index (χ1v) is 9.14. The van der Waals surface area contributed by atoms with Crippen LogP contribution in [0.2, 0.25) is 10.0 Å². The molecule has 0 aliphatic heterocycles. The van der Waals surface area contributed by atoms with Crippen molar-refractivity contribution in [1.82, 2.24) is 5.32 Å². The maximum atomic E-state index is 12.5. The number of ether oxygens (including phenoxy) is 1. The zero-order valence-electron chi connectivity index (χ0n) is 14.7. The van der Waals surface area contributed by atoms with Crippen LogP contribution in [0.1, 0.15) is 36.2 Å². The minimum Gasteiger partial charge on any atom is -0.459 e. The Morgan fingerprint density at radius 2 is 1.73 bits per heavy atom. The monoisotopic (exact) mass is 393 g/mol. The van der Waals surface area contributed by atoms with Gasteiger partial charge in [0, 0.05) is 21.2 Å². The minimum atomic E-state index is -0.745. The molecule has 0 aliphatic carbocycles. The lowest BCUT2D eigenvalue weighted by atomic mass is 9.98. The third-order valence-electron chi connectivity index (χ3n) is 4.19. The van der Waals surface area contributed by atoms with Crippen molar-refractivity contribution in [3.63, 3.8) is 0 Å². The van der Waals surface area contributed by atoms with Crippen molar-refractivity contribution in [3.05, 3.63) is 69.7 Å². The first-order chi connectivity index (χ1) is 12.4. The van der Waals surface area contributed by atoms with Crippen LogP contribution < -0.4 is 5.32 Å². The summed E-state index contributed by atoms with van der Waals surface area (Å²) in [6.07, 6.45) is 0.715. The number of carbonyl (C=O) groups excluding carboxylic acids is 2. The molecule has 0 aliphatic rings. The molecule has 2 atom stereocenters. The maximum absolute atomic E-state index is 12.5. The largest absolute Gasteiger partial charge is 0.459 e. The summed E-state index contributed by atoms with van der Waals surface area (Å²) in [5.41, 5.74) is 1.15. The van der Waals surface area contributed by atoms with Crippen LogP contribution in [0, 0.1) is 5.92 Å². The zero-order chi connectivity index (χ0) is 19.1. The van der Waals surface area contributed by atoms with E-state index >= 15 is 0 Å². The van der Waals surface area contributed by atoms with E-state index in [0.29, 0.717) is 22.0 Å². The number of hydrogen-bond acceptors (Lipinski definition) is 3. The van der Waals surface area contributed by atoms with E-state index in [1.807, 2.05) is 26.0 Å². The Hall–Kier alpha value is -2.04. The Balaban J connectivity index is 2.06. The summed E-state index contributed by atoms with van der Waals surface area (Å²) >= 11 is 11.9. The molecule has 2 aromatic rings. The second-order valence-corrected chi connectivity index (χ2v) is 6.89. The maximum Gasteiger partial charge on any atom is 0.329 e. The third-order valence-corrected chi connectivity index (χ3v) is 4.81. The zero-order valence-corrected chi connectivity index (χ0v) is 16.2. The fraction of sp³-hybridized carbons (Fsp3) is 0.300. The van der Waals surface area contributed by atoms with E-state index in [1.165, 1.54) is 0 Å². The Labute approximate surface area is 163 Å². The van der Waals surface area contributed by atoms with E-state index in [1.54, 1.807) is 36.4 Å². The molecule has 0 spiro atoms. The molecule has 1 amide bonds. The van der Waals surface area contributed by atoms with E-state index in [2.05, 4.69) is 5.32 Å². The average molecular weight is 394 g/mol. The van der Waals surface area contributed by atoms with Crippen LogP contribution >= 0.6 is 23.2 Å². The highest BCUT2D eigenvalue weighted by Crippen LogP contribution is 2.18. The van der Waals surface area contributed by atoms with Gasteiger partial charge in [-0.2, -0.15) is 0 Å². The summed E-state index contributed by atoms with van der Waals surface area (Å²) in [4.78, 5) is 25.0. The quantitative estimate of drug-likeness (QED) is 0.681. The number of halogens is 2. The predicted octanol–water partition coefficient (Wildman–Crippen LogP) is 4.88. The number of esters is 1. The fourth-order valence-electron chi connectivity index (χ4n) is 2.35. The molecule has 1 N–H and O–H groups in total. The van der Waals surface area contributed by atoms with Gasteiger partial charge in [-0.15, -0.1) is 0 Å². The van der Waals surface area contributed by atoms with Crippen molar-refractivity contribution in [3.8, 4) is 0 Å². The lowest BCUT2D eigenvalue weighted by molar-refractivity contribution is -0.148. The van der Waals surface area contributed by atoms with Gasteiger partial charge in [0.1, 0.15) is 12.6 Å². The molecule has 0 fully saturated rings. The summed E-state index contributed by atoms with van der Waals surface area (Å²) < 4.78 is 5.39. The molecule has 0 saturated heterocycles. The van der Waals surface area contributed by atoms with Crippen LogP contribution in [-0.2, 0) is 16.1 Å². The SMILES string of the molecule is CC[C@H](C)[C@@H](NC(=O)c1ccc(Cl)cc1)C(=O)OCc1ccccc1Cl. The molecule has 0 heterocycles. The van der Waals surface area contributed by atoms with Crippen LogP contribution in [0.5, 0.6) is 0 Å². The Morgan fingerprint density at radius 3 is 2.35 bits per heavy atom. The van der Waals surface area contributed by atoms with Gasteiger partial charge in [-0.1, -0.05) is 61.7 Å². The molecule has 0 unspecified atom stereocenters. The summed E-state index contributed by atoms with van der Waals surface area (Å²) in [6.45, 7) is 3.90. The first-order valence-electron chi connectivity index (χ1n) is 8.38. The molecule has 0 aromatic heterocycles. The molecular weight excluding hydrogens is 373 g/mol. The van der Waals surface area contributed by atoms with Crippen LogP contribution in [0.15, 0.2) is 48.5 Å². The number of nitrogens with one attached hydrogen (secondary N) is 1. The molecule has 4 nitrogen and oxygen atoms in total. The molecular formula is C20H21Cl2NO3. The fourth-order valence-corrected chi connectivity index (χ4v) is 2.67. The molecule has 2 rings (SSSR count). The highest BCUT2D eigenvalue weighted by Gasteiger charge is 2.28. The number of hydrogen-bond donors (Lipinski definition) is 1. The highest BCUT2D eigenvalue weighted by atomic mass is 35.5. The van der Waals surface area contributed by atoms with Gasteiger partial charge in [-0.3, -0.25) is 4.79 Å². The van der Waals surface area contributed by atoms with Crippen LogP contribution in [0.25, 0.3) is 0 Å². The van der Waals surface area contributed by atoms with E-state index in [-0.39, 0.29) is 18.4 Å². The summed E-state index contributed by atoms with van der Waals surface area (Å²) in [7, 11) is 0. The summed E-state index contributed by atoms with van der Waals surface area (Å²) in [6, 6.07) is 12.9. The van der Waals surface area contributed by atoms with Gasteiger partial charge in [0.05, 0.1) is 0 Å². The van der Waals surface area contributed by atoms with Crippen molar-refractivity contribution in [1.29, 1.82) is 0 Å². The predicted molar refractivity (Wildman–Crippen MR) is 103 cm³/mol. The molecule has 0 bridgehead atoms. The van der Waals surface area contributed by atoms with Gasteiger partial charge < -0.3 is 10.1 Å². The first kappa shape index (κ1) is 20.3. The second kappa shape index (κ2) is 9.60. The van der Waals surface area contributed by atoms with Gasteiger partial charge in [0.25, 0.3) is 5.91 Å². The molecule has 2 aromatic carbocycles. The third kappa shape index (κ3) is 5.48. The average Bonchev–Trinajstić information content (AvgIpc) is 2.65. The Bertz CT molecular complexity index is 762. The van der Waals surface area contributed by atoms with E-state index in [9.17, 15) is 9.59 Å². The molecule has 0 radical (unpaired) electrons. The molecule has 26 heavy (non-hydrogen) atoms. The van der Waals surface area contributed by atoms with Crippen LogP contribution in [0.3, 0.4) is 0 Å². The van der Waals surface area contributed by atoms with Crippen molar-refractivity contribution >= 4 is 35.1 Å². The van der Waals surface area contributed by atoms with Crippen LogP contribution in [0.4, 0.5) is 0 Å². The van der Waals surface area contributed by atoms with E-state index in [0.717, 1.165) is 5.56 Å². The van der Waals surface area contributed by atoms with Crippen molar-refractivity contribution in [2.45, 2.75) is 32.9 Å². The lowest BCUT2D eigenvalue weighted by Gasteiger charge is -2.23. The molecule has 6 heteroatoms. The van der Waals surface area contributed by atoms with Crippen LogP contribution in [-0.4, -0.2) is 17.9 Å². The Morgan fingerprint density at radius 1 is 1.08 bits per heavy atom. The number of benzene rings is 2. The van der Waals surface area contributed by atoms with E-state index in [4.69, 9.17) is 27.9 Å². The van der Waals surface area contributed by atoms with Crippen molar-refractivity contribution < 1.29 is 14.3 Å². The standard InChI is InChI=1S/C20H21Cl2NO3/c1-3-13(2)18(23-19(24)14-8-10-16(21)11-9-14)20(25)26-12-15-6-4-5-7-17(15)22/h4-11,13,18H,3,12H2,1-2H3,(H,23,24)/t13-,18+/m0/s1. The van der Waals surface area contributed by atoms with Gasteiger partial charge in [-0.25, -0.2) is 4.79 Å². The minimum absolute atomic E-state index is 0.0578. The summed E-state index contributed by atoms with van der Waals surface area (Å²) in [5.74, 6) is -0.909. The van der Waals surface area contributed by atoms with Gasteiger partial charge in [0.15, 0.2) is 0 Å². The van der Waals surface area contributed by atoms with Crippen molar-refractivity contribution in [2.24, 2.45) is 5.92 Å². The molecule has 0 saturated carbocycles. The number of rotatable bonds is 7. The lowest BCUT2D eigenvalue weighted by Crippen LogP contribution is -2.45. The van der Waals surface area contributed by atoms with E-state index < -0.39 is 12.0 Å². The van der Waals surface area contributed by atoms with Crippen molar-refractivity contribution in [2.75, 3.05) is 0 Å². The van der Waals surface area contributed by atoms with Gasteiger partial charge in [0.2, 0.25) is 0 Å². The number of amides is 1. The van der Waals surface area contributed by atoms with Gasteiger partial charge in [-0.05, 0) is 36.2 Å². The van der Waals surface area contributed by atoms with Gasteiger partial charge >= 0.3 is 5.97 Å². The topological polar surface area (TPSA) is 55.4 Å². The highest BCUT2D eigenvalue weighted by molar-refractivity contribution is 6.31. The molecule has 138 valence electrons. The summed E-state index contributed by atoms with van der Waals surface area (Å²) in [5, 5.41) is 3.84. The normalized spacial score (nSPS) is 12.9. The Kier molecular flexibility index (Phi) is 7.49.